The second-order valence-electron chi connectivity index (χ2n) is 6.23. The Kier molecular flexibility index (Phi) is 7.55. The second kappa shape index (κ2) is 9.88. The van der Waals surface area contributed by atoms with Gasteiger partial charge in [-0.1, -0.05) is 18.2 Å². The van der Waals surface area contributed by atoms with Crippen LogP contribution < -0.4 is 21.7 Å². The van der Waals surface area contributed by atoms with Crippen molar-refractivity contribution in [2.45, 2.75) is 31.7 Å². The summed E-state index contributed by atoms with van der Waals surface area (Å²) in [5, 5.41) is 11.3. The Morgan fingerprint density at radius 1 is 1.23 bits per heavy atom. The maximum Gasteiger partial charge on any atom is 0.256 e. The summed E-state index contributed by atoms with van der Waals surface area (Å²) >= 11 is 0. The number of guanidine groups is 1. The number of para-hydroxylation sites is 1. The van der Waals surface area contributed by atoms with Gasteiger partial charge in [0.2, 0.25) is 11.9 Å². The molecule has 1 saturated heterocycles. The standard InChI is InChI=1S/C18H28N6O2/c19-10-4-5-11-22-18(21)24(14-7-2-1-3-8-14)17(26)15-9-6-12-23(15)16(25)13-20/h1-3,7-8,15H,4-6,9-13,19-20H2,(H2,21,22)/t15-/m0/s1. The van der Waals surface area contributed by atoms with Crippen LogP contribution in [-0.2, 0) is 9.59 Å². The third-order valence-corrected chi connectivity index (χ3v) is 4.41. The van der Waals surface area contributed by atoms with Crippen LogP contribution in [0.1, 0.15) is 25.7 Å². The van der Waals surface area contributed by atoms with Crippen molar-refractivity contribution in [3.8, 4) is 0 Å². The number of benzene rings is 1. The summed E-state index contributed by atoms with van der Waals surface area (Å²) in [6.07, 6.45) is 2.99. The molecule has 1 fully saturated rings. The van der Waals surface area contributed by atoms with E-state index in [9.17, 15) is 9.59 Å². The molecule has 2 rings (SSSR count). The smallest absolute Gasteiger partial charge is 0.256 e. The highest BCUT2D eigenvalue weighted by atomic mass is 16.2. The Balaban J connectivity index is 2.19. The highest BCUT2D eigenvalue weighted by Crippen LogP contribution is 2.23. The van der Waals surface area contributed by atoms with E-state index in [0.717, 1.165) is 19.3 Å². The van der Waals surface area contributed by atoms with Crippen LogP contribution in [0.3, 0.4) is 0 Å². The fourth-order valence-electron chi connectivity index (χ4n) is 3.09. The van der Waals surface area contributed by atoms with Gasteiger partial charge in [0.05, 0.1) is 12.2 Å². The van der Waals surface area contributed by atoms with Crippen molar-refractivity contribution < 1.29 is 9.59 Å². The third kappa shape index (κ3) is 4.80. The molecule has 0 aromatic heterocycles. The summed E-state index contributed by atoms with van der Waals surface area (Å²) in [5.41, 5.74) is 11.6. The van der Waals surface area contributed by atoms with E-state index < -0.39 is 6.04 Å². The first-order valence-electron chi connectivity index (χ1n) is 9.01. The number of carbonyl (C=O) groups excluding carboxylic acids is 2. The first-order valence-corrected chi connectivity index (χ1v) is 9.01. The number of unbranched alkanes of at least 4 members (excludes halogenated alkanes) is 1. The molecule has 8 nitrogen and oxygen atoms in total. The summed E-state index contributed by atoms with van der Waals surface area (Å²) in [6.45, 7) is 1.55. The number of likely N-dealkylation sites (tertiary alicyclic amines) is 1. The van der Waals surface area contributed by atoms with E-state index in [1.54, 1.807) is 12.1 Å². The first kappa shape index (κ1) is 19.9. The molecule has 8 heteroatoms. The average molecular weight is 360 g/mol. The van der Waals surface area contributed by atoms with Gasteiger partial charge in [0, 0.05) is 13.1 Å². The van der Waals surface area contributed by atoms with Gasteiger partial charge in [0.1, 0.15) is 6.04 Å². The lowest BCUT2D eigenvalue weighted by Crippen LogP contribution is -2.54. The van der Waals surface area contributed by atoms with Crippen LogP contribution in [0.2, 0.25) is 0 Å². The predicted molar refractivity (Wildman–Crippen MR) is 102 cm³/mol. The van der Waals surface area contributed by atoms with Crippen molar-refractivity contribution in [2.24, 2.45) is 11.5 Å². The van der Waals surface area contributed by atoms with Crippen LogP contribution in [0.25, 0.3) is 0 Å². The Hall–Kier alpha value is -2.45. The topological polar surface area (TPSA) is 129 Å². The largest absolute Gasteiger partial charge is 0.356 e. The number of hydrogen-bond acceptors (Lipinski definition) is 5. The first-order chi connectivity index (χ1) is 12.6. The second-order valence-corrected chi connectivity index (χ2v) is 6.23. The van der Waals surface area contributed by atoms with E-state index >= 15 is 0 Å². The van der Waals surface area contributed by atoms with Crippen molar-refractivity contribution >= 4 is 23.5 Å². The van der Waals surface area contributed by atoms with Gasteiger partial charge in [-0.15, -0.1) is 0 Å². The molecule has 2 amide bonds. The molecule has 0 saturated carbocycles. The Labute approximate surface area is 154 Å². The molecule has 0 aliphatic carbocycles. The minimum Gasteiger partial charge on any atom is -0.356 e. The zero-order chi connectivity index (χ0) is 18.9. The van der Waals surface area contributed by atoms with Crippen LogP contribution in [0, 0.1) is 5.41 Å². The highest BCUT2D eigenvalue weighted by Gasteiger charge is 2.37. The minimum atomic E-state index is -0.586. The highest BCUT2D eigenvalue weighted by molar-refractivity contribution is 6.17. The van der Waals surface area contributed by atoms with Gasteiger partial charge < -0.3 is 21.7 Å². The van der Waals surface area contributed by atoms with Gasteiger partial charge in [-0.2, -0.15) is 0 Å². The molecular formula is C18H28N6O2. The van der Waals surface area contributed by atoms with E-state index in [1.165, 1.54) is 9.80 Å². The molecule has 1 aliphatic heterocycles. The van der Waals surface area contributed by atoms with Crippen molar-refractivity contribution in [1.82, 2.24) is 10.2 Å². The molecular weight excluding hydrogens is 332 g/mol. The predicted octanol–water partition coefficient (Wildman–Crippen LogP) is 0.233. The van der Waals surface area contributed by atoms with E-state index in [4.69, 9.17) is 16.9 Å². The monoisotopic (exact) mass is 360 g/mol. The molecule has 0 unspecified atom stereocenters. The summed E-state index contributed by atoms with van der Waals surface area (Å²) in [7, 11) is 0. The number of rotatable bonds is 7. The Bertz CT molecular complexity index is 621. The van der Waals surface area contributed by atoms with Gasteiger partial charge in [0.25, 0.3) is 5.91 Å². The molecule has 6 N–H and O–H groups in total. The molecule has 0 radical (unpaired) electrons. The third-order valence-electron chi connectivity index (χ3n) is 4.41. The minimum absolute atomic E-state index is 0.00488. The zero-order valence-electron chi connectivity index (χ0n) is 15.0. The Morgan fingerprint density at radius 3 is 2.62 bits per heavy atom. The molecule has 1 heterocycles. The van der Waals surface area contributed by atoms with Crippen LogP contribution in [0.15, 0.2) is 30.3 Å². The normalized spacial score (nSPS) is 16.4. The van der Waals surface area contributed by atoms with Gasteiger partial charge in [-0.3, -0.25) is 15.0 Å². The van der Waals surface area contributed by atoms with Crippen molar-refractivity contribution in [3.63, 3.8) is 0 Å². The lowest BCUT2D eigenvalue weighted by Gasteiger charge is -2.30. The summed E-state index contributed by atoms with van der Waals surface area (Å²) in [5.74, 6) is -0.520. The van der Waals surface area contributed by atoms with E-state index in [1.807, 2.05) is 18.2 Å². The number of anilines is 1. The quantitative estimate of drug-likeness (QED) is 0.314. The SMILES string of the molecule is N=C(NCCCCN)N(C(=O)[C@@H]1CCCN1C(=O)CN)c1ccccc1. The number of nitrogens with zero attached hydrogens (tertiary/aromatic N) is 2. The van der Waals surface area contributed by atoms with Crippen molar-refractivity contribution in [3.05, 3.63) is 30.3 Å². The number of nitrogens with two attached hydrogens (primary N) is 2. The Morgan fingerprint density at radius 2 is 1.96 bits per heavy atom. The van der Waals surface area contributed by atoms with Gasteiger partial charge in [-0.05, 0) is 44.4 Å². The molecule has 1 aliphatic rings. The number of nitrogens with one attached hydrogen (secondary N) is 2. The molecule has 1 atom stereocenters. The lowest BCUT2D eigenvalue weighted by molar-refractivity contribution is -0.136. The molecule has 1 aromatic rings. The van der Waals surface area contributed by atoms with E-state index in [0.29, 0.717) is 31.7 Å². The van der Waals surface area contributed by atoms with Gasteiger partial charge in [0.15, 0.2) is 0 Å². The van der Waals surface area contributed by atoms with Gasteiger partial charge >= 0.3 is 0 Å². The van der Waals surface area contributed by atoms with Crippen LogP contribution in [-0.4, -0.2) is 54.9 Å². The average Bonchev–Trinajstić information content (AvgIpc) is 3.15. The molecule has 1 aromatic carbocycles. The van der Waals surface area contributed by atoms with E-state index in [-0.39, 0.29) is 24.3 Å². The number of hydrogen-bond donors (Lipinski definition) is 4. The fourth-order valence-corrected chi connectivity index (χ4v) is 3.09. The van der Waals surface area contributed by atoms with Gasteiger partial charge in [-0.25, -0.2) is 4.90 Å². The van der Waals surface area contributed by atoms with Crippen LogP contribution >= 0.6 is 0 Å². The van der Waals surface area contributed by atoms with E-state index in [2.05, 4.69) is 5.32 Å². The number of carbonyl (C=O) groups is 2. The lowest BCUT2D eigenvalue weighted by atomic mass is 10.1. The van der Waals surface area contributed by atoms with Crippen molar-refractivity contribution in [2.75, 3.05) is 31.1 Å². The van der Waals surface area contributed by atoms with Crippen LogP contribution in [0.4, 0.5) is 5.69 Å². The maximum atomic E-state index is 13.2. The molecule has 26 heavy (non-hydrogen) atoms. The summed E-state index contributed by atoms with van der Waals surface area (Å²) in [6, 6.07) is 8.45. The fraction of sp³-hybridized carbons (Fsp3) is 0.500. The van der Waals surface area contributed by atoms with Crippen molar-refractivity contribution in [1.29, 1.82) is 5.41 Å². The molecule has 0 bridgehead atoms. The summed E-state index contributed by atoms with van der Waals surface area (Å²) < 4.78 is 0. The zero-order valence-corrected chi connectivity index (χ0v) is 15.0. The van der Waals surface area contributed by atoms with Crippen LogP contribution in [0.5, 0.6) is 0 Å². The molecule has 142 valence electrons. The number of amides is 2. The summed E-state index contributed by atoms with van der Waals surface area (Å²) in [4.78, 5) is 28.1. The molecule has 0 spiro atoms. The maximum absolute atomic E-state index is 13.2.